The molecule has 0 aliphatic carbocycles. The molecule has 11 atom stereocenters. The molecule has 0 bridgehead atoms. The Morgan fingerprint density at radius 3 is 2.35 bits per heavy atom. The van der Waals surface area contributed by atoms with Crippen molar-refractivity contribution in [3.05, 3.63) is 48.1 Å². The molecule has 4 aliphatic heterocycles. The van der Waals surface area contributed by atoms with E-state index in [2.05, 4.69) is 11.8 Å². The lowest BCUT2D eigenvalue weighted by Crippen LogP contribution is -2.56. The molecule has 16 nitrogen and oxygen atoms in total. The van der Waals surface area contributed by atoms with Gasteiger partial charge < -0.3 is 39.2 Å². The minimum Gasteiger partial charge on any atom is -0.457 e. The number of aliphatic hydroxyl groups is 3. The molecule has 2 fully saturated rings. The number of piperazine rings is 1. The summed E-state index contributed by atoms with van der Waals surface area (Å²) in [4.78, 5) is 72.3. The summed E-state index contributed by atoms with van der Waals surface area (Å²) >= 11 is 0. The molecule has 3 amide bonds. The third-order valence-electron chi connectivity index (χ3n) is 12.9. The van der Waals surface area contributed by atoms with Gasteiger partial charge in [0, 0.05) is 69.7 Å². The Morgan fingerprint density at radius 1 is 1.08 bits per heavy atom. The molecule has 0 unspecified atom stereocenters. The number of cyclic esters (lactones) is 1. The van der Waals surface area contributed by atoms with Crippen LogP contribution in [-0.4, -0.2) is 154 Å². The number of carbonyl (C=O) groups excluding carboxylic acids is 6. The van der Waals surface area contributed by atoms with Crippen LogP contribution in [0.25, 0.3) is 0 Å². The average molecular weight is 888 g/mol. The molecule has 2 saturated heterocycles. The van der Waals surface area contributed by atoms with E-state index in [1.165, 1.54) is 17.1 Å². The normalized spacial score (nSPS) is 30.9. The Balaban J connectivity index is 0.00000342. The van der Waals surface area contributed by atoms with Crippen molar-refractivity contribution in [1.82, 2.24) is 14.7 Å². The summed E-state index contributed by atoms with van der Waals surface area (Å²) in [6.45, 7) is 16.4. The number of unbranched alkanes of at least 4 members (excludes halogenated alkanes) is 3. The fourth-order valence-corrected chi connectivity index (χ4v) is 8.52. The first-order valence-electron chi connectivity index (χ1n) is 22.6. The van der Waals surface area contributed by atoms with Gasteiger partial charge in [-0.2, -0.15) is 9.59 Å². The molecule has 4 heterocycles. The number of aliphatic hydroxyl groups excluding tert-OH is 2. The molecule has 0 saturated carbocycles. The van der Waals surface area contributed by atoms with Crippen molar-refractivity contribution in [2.45, 2.75) is 167 Å². The van der Waals surface area contributed by atoms with Crippen molar-refractivity contribution in [3.63, 3.8) is 0 Å². The summed E-state index contributed by atoms with van der Waals surface area (Å²) < 4.78 is 24.0. The van der Waals surface area contributed by atoms with Gasteiger partial charge in [0.05, 0.1) is 36.4 Å². The lowest BCUT2D eigenvalue weighted by Gasteiger charge is -2.42. The van der Waals surface area contributed by atoms with E-state index in [9.17, 15) is 34.5 Å². The van der Waals surface area contributed by atoms with Crippen LogP contribution in [0.4, 0.5) is 4.79 Å². The number of imide groups is 1. The maximum Gasteiger partial charge on any atom is 0.410 e. The molecular formula is C47H73N3O13. The van der Waals surface area contributed by atoms with Crippen LogP contribution in [-0.2, 0) is 42.9 Å². The topological polar surface area (TPSA) is 213 Å². The van der Waals surface area contributed by atoms with Gasteiger partial charge in [-0.1, -0.05) is 64.8 Å². The van der Waals surface area contributed by atoms with E-state index in [0.717, 1.165) is 44.2 Å². The van der Waals surface area contributed by atoms with Gasteiger partial charge in [0.25, 0.3) is 11.8 Å². The number of allylic oxidation sites excluding steroid dienone is 2. The first kappa shape index (κ1) is 53.3. The zero-order valence-electron chi connectivity index (χ0n) is 38.6. The van der Waals surface area contributed by atoms with Crippen LogP contribution in [0.15, 0.2) is 48.1 Å². The van der Waals surface area contributed by atoms with E-state index in [4.69, 9.17) is 28.5 Å². The minimum atomic E-state index is -1.17. The van der Waals surface area contributed by atoms with E-state index in [1.807, 2.05) is 40.7 Å². The van der Waals surface area contributed by atoms with E-state index >= 15 is 0 Å². The predicted molar refractivity (Wildman–Crippen MR) is 233 cm³/mol. The fourth-order valence-electron chi connectivity index (χ4n) is 8.52. The molecule has 3 N–H and O–H groups in total. The van der Waals surface area contributed by atoms with E-state index in [1.54, 1.807) is 43.2 Å². The highest BCUT2D eigenvalue weighted by atomic mass is 16.6. The largest absolute Gasteiger partial charge is 0.457 e. The van der Waals surface area contributed by atoms with Crippen molar-refractivity contribution in [3.8, 4) is 0 Å². The molecule has 16 heteroatoms. The summed E-state index contributed by atoms with van der Waals surface area (Å²) in [6.07, 6.45) is 14.0. The van der Waals surface area contributed by atoms with Crippen LogP contribution in [0, 0.1) is 11.8 Å². The van der Waals surface area contributed by atoms with Crippen molar-refractivity contribution in [2.75, 3.05) is 39.8 Å². The van der Waals surface area contributed by atoms with Crippen molar-refractivity contribution >= 4 is 30.0 Å². The highest BCUT2D eigenvalue weighted by Gasteiger charge is 2.47. The number of rotatable bonds is 18. The Labute approximate surface area is 373 Å². The van der Waals surface area contributed by atoms with Gasteiger partial charge in [-0.3, -0.25) is 24.2 Å². The number of methoxy groups -OCH3 is 1. The van der Waals surface area contributed by atoms with Gasteiger partial charge in [-0.25, -0.2) is 4.79 Å². The van der Waals surface area contributed by atoms with Crippen LogP contribution >= 0.6 is 0 Å². The Kier molecular flexibility index (Phi) is 21.6. The smallest absolute Gasteiger partial charge is 0.410 e. The highest BCUT2D eigenvalue weighted by Crippen LogP contribution is 2.38. The zero-order valence-corrected chi connectivity index (χ0v) is 38.6. The van der Waals surface area contributed by atoms with Gasteiger partial charge in [0.1, 0.15) is 11.7 Å². The quantitative estimate of drug-likeness (QED) is 0.0427. The summed E-state index contributed by atoms with van der Waals surface area (Å²) in [5, 5.41) is 32.2. The molecule has 0 aromatic heterocycles. The van der Waals surface area contributed by atoms with Crippen LogP contribution < -0.4 is 0 Å². The average Bonchev–Trinajstić information content (AvgIpc) is 3.93. The monoisotopic (exact) mass is 888 g/mol. The zero-order chi connectivity index (χ0) is 46.9. The van der Waals surface area contributed by atoms with Gasteiger partial charge in [0.2, 0.25) is 0 Å². The number of carbonyl (C=O) groups is 4. The number of hydrogen-bond donors (Lipinski definition) is 3. The second kappa shape index (κ2) is 25.5. The van der Waals surface area contributed by atoms with Gasteiger partial charge in [-0.05, 0) is 77.5 Å². The van der Waals surface area contributed by atoms with E-state index < -0.39 is 47.7 Å². The fraction of sp³-hybridized carbons (Fsp3) is 0.723. The lowest BCUT2D eigenvalue weighted by molar-refractivity contribution is -0.191. The number of amides is 3. The number of nitrogens with zero attached hydrogens (tertiary/aromatic N) is 3. The standard InChI is InChI=1S/C46H73N3O11.CO2/c1-9-34-30-48(27-26-47(34)24-13-11-12-14-25-49-39(52)19-20-40(49)53)44(55)59-38-18-17-32(4)42(60-41(54)28-35(50)21-23-46(38,7)57-8)31(3)16-15-22-45(6,56)29-37-43(58-37)33(5)36(51)10-2;2-1-3/h15-20,22,32-38,42-43,50-51,56H,9-14,21,23-30H2,1-8H3;/b18-17+,22-15+,31-16+;/t32-,33+,34-,35+,36-,37+,38-,42+,43+,45-,46+;/m0./s1. The Hall–Kier alpha value is -4.02. The number of epoxide rings is 1. The molecule has 354 valence electrons. The molecule has 4 aliphatic rings. The van der Waals surface area contributed by atoms with E-state index in [-0.39, 0.29) is 60.9 Å². The first-order chi connectivity index (χ1) is 29.8. The molecule has 63 heavy (non-hydrogen) atoms. The van der Waals surface area contributed by atoms with Crippen molar-refractivity contribution in [2.24, 2.45) is 11.8 Å². The molecule has 4 rings (SSSR count). The lowest BCUT2D eigenvalue weighted by atomic mass is 9.88. The molecule has 0 aromatic rings. The summed E-state index contributed by atoms with van der Waals surface area (Å²) in [6, 6.07) is 0.165. The summed E-state index contributed by atoms with van der Waals surface area (Å²) in [7, 11) is 1.56. The van der Waals surface area contributed by atoms with Crippen molar-refractivity contribution < 1.29 is 63.0 Å². The second-order valence-corrected chi connectivity index (χ2v) is 17.9. The first-order valence-corrected chi connectivity index (χ1v) is 22.6. The van der Waals surface area contributed by atoms with Crippen LogP contribution in [0.3, 0.4) is 0 Å². The summed E-state index contributed by atoms with van der Waals surface area (Å²) in [5.74, 6) is -1.39. The minimum absolute atomic E-state index is 0.0210. The number of hydrogen-bond acceptors (Lipinski definition) is 14. The van der Waals surface area contributed by atoms with Gasteiger partial charge >= 0.3 is 18.2 Å². The molecule has 0 radical (unpaired) electrons. The second-order valence-electron chi connectivity index (χ2n) is 17.9. The van der Waals surface area contributed by atoms with Crippen LogP contribution in [0.2, 0.25) is 0 Å². The SMILES string of the molecule is CC[C@H]1CN(C(=O)O[C@H]2/C=C/[C@H](C)[C@@H](/C(C)=C/C=C/[C@](C)(O)C[C@H]3O[C@@H]3[C@H](C)[C@@H](O)CC)OC(=O)C[C@H](O)CC[C@@]2(C)OC)CCN1CCCCCCN1C(=O)C=CC1=O.O=C=O. The van der Waals surface area contributed by atoms with Gasteiger partial charge in [0.15, 0.2) is 6.10 Å². The van der Waals surface area contributed by atoms with Crippen molar-refractivity contribution in [1.29, 1.82) is 0 Å². The Bertz CT molecular complexity index is 1650. The van der Waals surface area contributed by atoms with Crippen LogP contribution in [0.5, 0.6) is 0 Å². The predicted octanol–water partition coefficient (Wildman–Crippen LogP) is 4.66. The summed E-state index contributed by atoms with van der Waals surface area (Å²) in [5.41, 5.74) is -1.45. The third kappa shape index (κ3) is 16.5. The Morgan fingerprint density at radius 2 is 1.73 bits per heavy atom. The molecular weight excluding hydrogens is 815 g/mol. The molecule has 0 spiro atoms. The number of esters is 1. The number of ether oxygens (including phenoxy) is 4. The maximum atomic E-state index is 13.9. The third-order valence-corrected chi connectivity index (χ3v) is 12.9. The maximum absolute atomic E-state index is 13.9. The van der Waals surface area contributed by atoms with Gasteiger partial charge in [-0.15, -0.1) is 0 Å². The van der Waals surface area contributed by atoms with Crippen LogP contribution in [0.1, 0.15) is 113 Å². The van der Waals surface area contributed by atoms with E-state index in [0.29, 0.717) is 45.4 Å². The molecule has 0 aromatic carbocycles. The highest BCUT2D eigenvalue weighted by molar-refractivity contribution is 6.12.